The van der Waals surface area contributed by atoms with Gasteiger partial charge in [-0.15, -0.1) is 16.0 Å². The second-order valence-electron chi connectivity index (χ2n) is 8.30. The largest absolute Gasteiger partial charge is 0.293 e. The minimum Gasteiger partial charge on any atom is -0.263 e. The number of thiazole rings is 1. The Kier molecular flexibility index (Phi) is 5.39. The highest BCUT2D eigenvalue weighted by atomic mass is 35.5. The Hall–Kier alpha value is -3.50. The minimum atomic E-state index is -0.522. The predicted molar refractivity (Wildman–Crippen MR) is 125 cm³/mol. The Morgan fingerprint density at radius 3 is 2.79 bits per heavy atom. The van der Waals surface area contributed by atoms with Crippen LogP contribution in [0.5, 0.6) is 0 Å². The maximum atomic E-state index is 15.1. The van der Waals surface area contributed by atoms with Gasteiger partial charge in [-0.1, -0.05) is 35.7 Å². The number of nitrogens with zero attached hydrogens (tertiary/aromatic N) is 7. The summed E-state index contributed by atoms with van der Waals surface area (Å²) in [5.74, 6) is 0.149. The van der Waals surface area contributed by atoms with Crippen molar-refractivity contribution >= 4 is 22.9 Å². The molecule has 4 heterocycles. The molecule has 1 fully saturated rings. The van der Waals surface area contributed by atoms with Gasteiger partial charge < -0.3 is 0 Å². The van der Waals surface area contributed by atoms with Crippen molar-refractivity contribution in [2.24, 2.45) is 5.92 Å². The Labute approximate surface area is 203 Å². The number of tetrazole rings is 1. The van der Waals surface area contributed by atoms with E-state index in [9.17, 15) is 0 Å². The first-order valence-corrected chi connectivity index (χ1v) is 12.1. The molecular weight excluding hydrogens is 475 g/mol. The number of pyridine rings is 1. The Morgan fingerprint density at radius 1 is 1.18 bits per heavy atom. The van der Waals surface area contributed by atoms with E-state index in [1.165, 1.54) is 29.9 Å². The van der Waals surface area contributed by atoms with E-state index in [-0.39, 0.29) is 11.1 Å². The van der Waals surface area contributed by atoms with Crippen molar-refractivity contribution in [3.63, 3.8) is 0 Å². The van der Waals surface area contributed by atoms with Crippen LogP contribution in [0.2, 0.25) is 5.02 Å². The van der Waals surface area contributed by atoms with Crippen molar-refractivity contribution in [2.75, 3.05) is 0 Å². The molecule has 8 nitrogen and oxygen atoms in total. The highest BCUT2D eigenvalue weighted by Crippen LogP contribution is 2.40. The summed E-state index contributed by atoms with van der Waals surface area (Å²) in [6, 6.07) is 7.04. The second kappa shape index (κ2) is 8.69. The topological polar surface area (TPSA) is 89.0 Å². The summed E-state index contributed by atoms with van der Waals surface area (Å²) in [7, 11) is 0. The fourth-order valence-electron chi connectivity index (χ4n) is 4.09. The van der Waals surface area contributed by atoms with Crippen molar-refractivity contribution in [2.45, 2.75) is 25.3 Å². The molecule has 0 saturated heterocycles. The zero-order valence-corrected chi connectivity index (χ0v) is 19.4. The van der Waals surface area contributed by atoms with E-state index in [4.69, 9.17) is 16.6 Å². The zero-order chi connectivity index (χ0) is 23.1. The van der Waals surface area contributed by atoms with Crippen LogP contribution in [0, 0.1) is 11.7 Å². The van der Waals surface area contributed by atoms with Crippen LogP contribution in [0.3, 0.4) is 0 Å². The van der Waals surface area contributed by atoms with E-state index in [2.05, 4.69) is 25.6 Å². The SMILES string of the molecule is Fc1c(Cl)ccc(-[n+]2cnn[nH]2)c1-c1ccc(C(CC2CC2)n2cc(-c3cncs3)cn2)nc1. The fourth-order valence-corrected chi connectivity index (χ4v) is 4.84. The third-order valence-electron chi connectivity index (χ3n) is 6.02. The number of nitrogens with one attached hydrogen (secondary N) is 1. The van der Waals surface area contributed by atoms with Crippen LogP contribution in [0.1, 0.15) is 31.0 Å². The molecule has 0 bridgehead atoms. The summed E-state index contributed by atoms with van der Waals surface area (Å²) in [5.41, 5.74) is 5.21. The Bertz CT molecular complexity index is 1410. The summed E-state index contributed by atoms with van der Waals surface area (Å²) >= 11 is 7.69. The lowest BCUT2D eigenvalue weighted by molar-refractivity contribution is -0.659. The second-order valence-corrected chi connectivity index (χ2v) is 9.59. The molecular formula is C23H19ClFN8S+. The summed E-state index contributed by atoms with van der Waals surface area (Å²) in [5, 5.41) is 14.9. The van der Waals surface area contributed by atoms with Crippen LogP contribution in [0.25, 0.3) is 27.3 Å². The average Bonchev–Trinajstić information content (AvgIpc) is 3.29. The summed E-state index contributed by atoms with van der Waals surface area (Å²) in [6.07, 6.45) is 12.3. The molecule has 0 amide bonds. The molecule has 6 rings (SSSR count). The molecule has 1 aliphatic rings. The minimum absolute atomic E-state index is 0.00178. The van der Waals surface area contributed by atoms with Gasteiger partial charge in [-0.2, -0.15) is 5.10 Å². The van der Waals surface area contributed by atoms with Gasteiger partial charge in [0.15, 0.2) is 11.0 Å². The van der Waals surface area contributed by atoms with Crippen LogP contribution in [0.15, 0.2) is 60.9 Å². The average molecular weight is 494 g/mol. The number of H-pyrrole nitrogens is 1. The molecule has 0 radical (unpaired) electrons. The molecule has 1 aromatic carbocycles. The molecule has 1 saturated carbocycles. The van der Waals surface area contributed by atoms with Crippen LogP contribution in [0.4, 0.5) is 4.39 Å². The maximum Gasteiger partial charge on any atom is 0.293 e. The summed E-state index contributed by atoms with van der Waals surface area (Å²) in [4.78, 5) is 9.99. The molecule has 1 unspecified atom stereocenters. The van der Waals surface area contributed by atoms with Crippen LogP contribution in [-0.2, 0) is 0 Å². The van der Waals surface area contributed by atoms with Gasteiger partial charge in [0.25, 0.3) is 6.33 Å². The molecule has 4 aromatic heterocycles. The molecule has 0 aliphatic heterocycles. The Balaban J connectivity index is 1.37. The number of benzene rings is 1. The first kappa shape index (κ1) is 21.1. The van der Waals surface area contributed by atoms with Gasteiger partial charge in [-0.3, -0.25) is 14.6 Å². The lowest BCUT2D eigenvalue weighted by atomic mass is 10.0. The van der Waals surface area contributed by atoms with Gasteiger partial charge in [0.1, 0.15) is 10.8 Å². The van der Waals surface area contributed by atoms with Crippen molar-refractivity contribution in [1.29, 1.82) is 0 Å². The molecule has 34 heavy (non-hydrogen) atoms. The van der Waals surface area contributed by atoms with Crippen LogP contribution >= 0.6 is 22.9 Å². The molecule has 1 aliphatic carbocycles. The number of rotatable bonds is 7. The van der Waals surface area contributed by atoms with Crippen molar-refractivity contribution in [1.82, 2.24) is 35.3 Å². The van der Waals surface area contributed by atoms with Crippen LogP contribution in [-0.4, -0.2) is 35.3 Å². The summed E-state index contributed by atoms with van der Waals surface area (Å²) < 4.78 is 18.6. The standard InChI is InChI=1S/C23H18ClFN8S/c24-17-4-6-19(33-12-28-30-31-33)22(23(17)25)15-3-5-18(27-8-15)20(7-14-1-2-14)32-11-16(9-29-32)21-10-26-13-34-21/h3-6,8-14,20H,1-2,7H2/p+1. The zero-order valence-electron chi connectivity index (χ0n) is 17.8. The third-order valence-corrected chi connectivity index (χ3v) is 7.13. The van der Waals surface area contributed by atoms with Gasteiger partial charge in [-0.25, -0.2) is 4.39 Å². The van der Waals surface area contributed by atoms with Gasteiger partial charge in [0.2, 0.25) is 0 Å². The monoisotopic (exact) mass is 493 g/mol. The molecule has 1 N–H and O–H groups in total. The van der Waals surface area contributed by atoms with Crippen molar-refractivity contribution in [3.05, 3.63) is 77.4 Å². The number of halogens is 2. The first-order valence-electron chi connectivity index (χ1n) is 10.8. The van der Waals surface area contributed by atoms with Crippen LogP contribution < -0.4 is 4.68 Å². The normalized spacial score (nSPS) is 14.4. The Morgan fingerprint density at radius 2 is 2.09 bits per heavy atom. The van der Waals surface area contributed by atoms with E-state index in [0.717, 1.165) is 22.6 Å². The van der Waals surface area contributed by atoms with Gasteiger partial charge in [0.05, 0.1) is 38.9 Å². The lowest BCUT2D eigenvalue weighted by Gasteiger charge is -2.18. The predicted octanol–water partition coefficient (Wildman–Crippen LogP) is 4.65. The van der Waals surface area contributed by atoms with Crippen molar-refractivity contribution < 1.29 is 9.07 Å². The van der Waals surface area contributed by atoms with Crippen molar-refractivity contribution in [3.8, 4) is 27.3 Å². The first-order chi connectivity index (χ1) is 16.7. The third kappa shape index (κ3) is 3.99. The lowest BCUT2D eigenvalue weighted by Crippen LogP contribution is -2.33. The van der Waals surface area contributed by atoms with Gasteiger partial charge in [-0.05, 0) is 30.5 Å². The number of hydrogen-bond acceptors (Lipinski definition) is 6. The molecule has 5 aromatic rings. The van der Waals surface area contributed by atoms with Gasteiger partial charge >= 0.3 is 0 Å². The molecule has 1 atom stereocenters. The molecule has 170 valence electrons. The van der Waals surface area contributed by atoms with E-state index < -0.39 is 5.82 Å². The van der Waals surface area contributed by atoms with E-state index >= 15 is 4.39 Å². The van der Waals surface area contributed by atoms with E-state index in [0.29, 0.717) is 22.7 Å². The fraction of sp³-hybridized carbons (Fsp3) is 0.217. The van der Waals surface area contributed by atoms with E-state index in [1.54, 1.807) is 23.6 Å². The number of aromatic amines is 1. The van der Waals surface area contributed by atoms with Gasteiger partial charge in [0, 0.05) is 29.7 Å². The maximum absolute atomic E-state index is 15.1. The smallest absolute Gasteiger partial charge is 0.263 e. The van der Waals surface area contributed by atoms with E-state index in [1.807, 2.05) is 40.9 Å². The quantitative estimate of drug-likeness (QED) is 0.333. The highest BCUT2D eigenvalue weighted by Gasteiger charge is 2.29. The number of hydrogen-bond donors (Lipinski definition) is 1. The molecule has 11 heteroatoms. The molecule has 0 spiro atoms. The summed E-state index contributed by atoms with van der Waals surface area (Å²) in [6.45, 7) is 0. The highest BCUT2D eigenvalue weighted by molar-refractivity contribution is 7.13. The number of aromatic nitrogens is 8.